The number of ether oxygens (including phenoxy) is 1. The molecule has 0 aliphatic rings. The first-order chi connectivity index (χ1) is 10.4. The van der Waals surface area contributed by atoms with Crippen molar-refractivity contribution in [1.29, 1.82) is 0 Å². The summed E-state index contributed by atoms with van der Waals surface area (Å²) in [6.07, 6.45) is 0. The molecule has 0 saturated heterocycles. The maximum absolute atomic E-state index is 12.1. The van der Waals surface area contributed by atoms with E-state index < -0.39 is 5.60 Å². The molecule has 2 rings (SSSR count). The van der Waals surface area contributed by atoms with Gasteiger partial charge in [0.25, 0.3) is 5.91 Å². The summed E-state index contributed by atoms with van der Waals surface area (Å²) < 4.78 is 10.4. The summed E-state index contributed by atoms with van der Waals surface area (Å²) in [5, 5.41) is 13.1. The van der Waals surface area contributed by atoms with E-state index in [1.165, 1.54) is 0 Å². The van der Waals surface area contributed by atoms with Crippen molar-refractivity contribution >= 4 is 5.91 Å². The number of nitrogens with one attached hydrogen (secondary N) is 1. The zero-order valence-corrected chi connectivity index (χ0v) is 13.1. The third kappa shape index (κ3) is 3.96. The first-order valence-corrected chi connectivity index (χ1v) is 7.08. The van der Waals surface area contributed by atoms with Gasteiger partial charge in [-0.3, -0.25) is 4.79 Å². The number of aryl methyl sites for hydroxylation is 1. The molecule has 0 radical (unpaired) electrons. The topological polar surface area (TPSA) is 71.7 Å². The van der Waals surface area contributed by atoms with Crippen LogP contribution in [0.5, 0.6) is 0 Å². The van der Waals surface area contributed by atoms with E-state index in [4.69, 9.17) is 9.15 Å². The van der Waals surface area contributed by atoms with Crippen LogP contribution in [0.4, 0.5) is 0 Å². The maximum Gasteiger partial charge on any atom is 0.251 e. The van der Waals surface area contributed by atoms with Gasteiger partial charge in [-0.05, 0) is 43.7 Å². The van der Waals surface area contributed by atoms with Gasteiger partial charge < -0.3 is 19.6 Å². The maximum atomic E-state index is 12.1. The lowest BCUT2D eigenvalue weighted by Gasteiger charge is -2.21. The minimum Gasteiger partial charge on any atom is -0.463 e. The third-order valence-corrected chi connectivity index (χ3v) is 3.39. The third-order valence-electron chi connectivity index (χ3n) is 3.39. The van der Waals surface area contributed by atoms with Gasteiger partial charge in [0.05, 0.1) is 13.2 Å². The number of carbonyl (C=O) groups is 1. The van der Waals surface area contributed by atoms with E-state index in [1.807, 2.05) is 12.1 Å². The van der Waals surface area contributed by atoms with Gasteiger partial charge in [0, 0.05) is 12.7 Å². The van der Waals surface area contributed by atoms with Crippen LogP contribution in [0.25, 0.3) is 0 Å². The molecular formula is C17H21NO4. The van der Waals surface area contributed by atoms with Gasteiger partial charge in [-0.15, -0.1) is 0 Å². The van der Waals surface area contributed by atoms with Gasteiger partial charge in [0.15, 0.2) is 0 Å². The summed E-state index contributed by atoms with van der Waals surface area (Å²) in [6.45, 7) is 3.99. The smallest absolute Gasteiger partial charge is 0.251 e. The fourth-order valence-corrected chi connectivity index (χ4v) is 2.08. The molecule has 22 heavy (non-hydrogen) atoms. The molecule has 1 aromatic heterocycles. The van der Waals surface area contributed by atoms with Crippen LogP contribution in [-0.4, -0.2) is 24.7 Å². The van der Waals surface area contributed by atoms with Gasteiger partial charge in [0.2, 0.25) is 0 Å². The lowest BCUT2D eigenvalue weighted by atomic mass is 10.0. The Bertz CT molecular complexity index is 628. The number of aliphatic hydroxyl groups is 1. The first kappa shape index (κ1) is 16.3. The van der Waals surface area contributed by atoms with Crippen LogP contribution in [0.2, 0.25) is 0 Å². The summed E-state index contributed by atoms with van der Waals surface area (Å²) in [7, 11) is 1.62. The number of rotatable bonds is 6. The highest BCUT2D eigenvalue weighted by molar-refractivity contribution is 5.94. The predicted octanol–water partition coefficient (Wildman–Crippen LogP) is 2.37. The Morgan fingerprint density at radius 2 is 1.95 bits per heavy atom. The number of benzene rings is 1. The number of hydrogen-bond donors (Lipinski definition) is 2. The Morgan fingerprint density at radius 1 is 1.27 bits per heavy atom. The zero-order valence-electron chi connectivity index (χ0n) is 13.1. The van der Waals surface area contributed by atoms with Crippen molar-refractivity contribution < 1.29 is 19.1 Å². The van der Waals surface area contributed by atoms with E-state index in [9.17, 15) is 9.90 Å². The monoisotopic (exact) mass is 303 g/mol. The zero-order chi connectivity index (χ0) is 16.2. The molecular weight excluding hydrogens is 282 g/mol. The molecule has 1 heterocycles. The second-order valence-electron chi connectivity index (χ2n) is 5.50. The largest absolute Gasteiger partial charge is 0.463 e. The minimum atomic E-state index is -1.25. The van der Waals surface area contributed by atoms with E-state index in [1.54, 1.807) is 45.2 Å². The highest BCUT2D eigenvalue weighted by atomic mass is 16.5. The van der Waals surface area contributed by atoms with Crippen molar-refractivity contribution in [2.45, 2.75) is 26.1 Å². The molecule has 2 N–H and O–H groups in total. The van der Waals surface area contributed by atoms with Crippen molar-refractivity contribution in [3.8, 4) is 0 Å². The summed E-state index contributed by atoms with van der Waals surface area (Å²) in [5.74, 6) is 0.906. The fraction of sp³-hybridized carbons (Fsp3) is 0.353. The standard InChI is InChI=1S/C17H21NO4/c1-12-4-9-15(22-12)17(2,20)11-18-16(19)14-7-5-13(6-8-14)10-21-3/h4-9,20H,10-11H2,1-3H3,(H,18,19). The Kier molecular flexibility index (Phi) is 5.00. The average Bonchev–Trinajstić information content (AvgIpc) is 2.93. The van der Waals surface area contributed by atoms with E-state index in [0.29, 0.717) is 17.9 Å². The van der Waals surface area contributed by atoms with Crippen molar-refractivity contribution in [3.63, 3.8) is 0 Å². The van der Waals surface area contributed by atoms with Gasteiger partial charge in [-0.1, -0.05) is 12.1 Å². The summed E-state index contributed by atoms with van der Waals surface area (Å²) >= 11 is 0. The normalized spacial score (nSPS) is 13.6. The molecule has 1 atom stereocenters. The van der Waals surface area contributed by atoms with Crippen LogP contribution in [0.1, 0.15) is 34.4 Å². The fourth-order valence-electron chi connectivity index (χ4n) is 2.08. The first-order valence-electron chi connectivity index (χ1n) is 7.08. The van der Waals surface area contributed by atoms with E-state index in [2.05, 4.69) is 5.32 Å². The number of hydrogen-bond acceptors (Lipinski definition) is 4. The molecule has 0 bridgehead atoms. The van der Waals surface area contributed by atoms with Crippen LogP contribution < -0.4 is 5.32 Å². The number of carbonyl (C=O) groups excluding carboxylic acids is 1. The molecule has 0 aliphatic heterocycles. The van der Waals surface area contributed by atoms with Crippen molar-refractivity contribution in [2.24, 2.45) is 0 Å². The SMILES string of the molecule is COCc1ccc(C(=O)NCC(C)(O)c2ccc(C)o2)cc1. The molecule has 2 aromatic rings. The Balaban J connectivity index is 1.97. The molecule has 1 unspecified atom stereocenters. The molecule has 5 heteroatoms. The average molecular weight is 303 g/mol. The Morgan fingerprint density at radius 3 is 2.50 bits per heavy atom. The van der Waals surface area contributed by atoms with Gasteiger partial charge in [0.1, 0.15) is 17.1 Å². The van der Waals surface area contributed by atoms with Crippen LogP contribution in [0, 0.1) is 6.92 Å². The number of amides is 1. The van der Waals surface area contributed by atoms with Crippen LogP contribution >= 0.6 is 0 Å². The molecule has 0 spiro atoms. The summed E-state index contributed by atoms with van der Waals surface area (Å²) in [4.78, 5) is 12.1. The highest BCUT2D eigenvalue weighted by Crippen LogP contribution is 2.22. The van der Waals surface area contributed by atoms with E-state index in [0.717, 1.165) is 11.3 Å². The molecule has 118 valence electrons. The second-order valence-corrected chi connectivity index (χ2v) is 5.50. The molecule has 5 nitrogen and oxygen atoms in total. The number of furan rings is 1. The van der Waals surface area contributed by atoms with Crippen LogP contribution in [0.3, 0.4) is 0 Å². The number of methoxy groups -OCH3 is 1. The minimum absolute atomic E-state index is 0.0681. The molecule has 0 saturated carbocycles. The lowest BCUT2D eigenvalue weighted by Crippen LogP contribution is -2.38. The van der Waals surface area contributed by atoms with Crippen molar-refractivity contribution in [2.75, 3.05) is 13.7 Å². The van der Waals surface area contributed by atoms with Crippen LogP contribution in [-0.2, 0) is 16.9 Å². The second kappa shape index (κ2) is 6.77. The van der Waals surface area contributed by atoms with Crippen molar-refractivity contribution in [1.82, 2.24) is 5.32 Å². The van der Waals surface area contributed by atoms with Gasteiger partial charge >= 0.3 is 0 Å². The summed E-state index contributed by atoms with van der Waals surface area (Å²) in [6, 6.07) is 10.6. The molecule has 0 aliphatic carbocycles. The predicted molar refractivity (Wildman–Crippen MR) is 82.5 cm³/mol. The molecule has 1 aromatic carbocycles. The quantitative estimate of drug-likeness (QED) is 0.859. The van der Waals surface area contributed by atoms with E-state index in [-0.39, 0.29) is 12.5 Å². The van der Waals surface area contributed by atoms with Crippen LogP contribution in [0.15, 0.2) is 40.8 Å². The highest BCUT2D eigenvalue weighted by Gasteiger charge is 2.27. The van der Waals surface area contributed by atoms with E-state index >= 15 is 0 Å². The van der Waals surface area contributed by atoms with Crippen molar-refractivity contribution in [3.05, 3.63) is 59.0 Å². The summed E-state index contributed by atoms with van der Waals surface area (Å²) in [5.41, 5.74) is 0.281. The Hall–Kier alpha value is -2.11. The molecule has 0 fully saturated rings. The molecule has 1 amide bonds. The Labute approximate surface area is 129 Å². The lowest BCUT2D eigenvalue weighted by molar-refractivity contribution is 0.0323. The van der Waals surface area contributed by atoms with Gasteiger partial charge in [-0.2, -0.15) is 0 Å². The van der Waals surface area contributed by atoms with Gasteiger partial charge in [-0.25, -0.2) is 0 Å².